The molecule has 20 heavy (non-hydrogen) atoms. The number of rotatable bonds is 3. The van der Waals surface area contributed by atoms with Gasteiger partial charge in [-0.2, -0.15) is 0 Å². The van der Waals surface area contributed by atoms with Gasteiger partial charge in [-0.1, -0.05) is 19.1 Å². The summed E-state index contributed by atoms with van der Waals surface area (Å²) in [6, 6.07) is 8.01. The molecular weight excluding hydrogens is 270 g/mol. The van der Waals surface area contributed by atoms with Gasteiger partial charge in [0.25, 0.3) is 0 Å². The molecule has 0 unspecified atom stereocenters. The van der Waals surface area contributed by atoms with Gasteiger partial charge in [-0.3, -0.25) is 0 Å². The number of nitrogens with two attached hydrogens (primary N) is 1. The van der Waals surface area contributed by atoms with Crippen molar-refractivity contribution in [1.29, 1.82) is 0 Å². The highest BCUT2D eigenvalue weighted by atomic mass is 32.1. The number of nitrogens with zero attached hydrogens (tertiary/aromatic N) is 2. The number of aromatic nitrogens is 4. The van der Waals surface area contributed by atoms with E-state index in [2.05, 4.69) is 15.0 Å². The maximum atomic E-state index is 5.34. The van der Waals surface area contributed by atoms with Crippen LogP contribution in [0.4, 0.5) is 0 Å². The van der Waals surface area contributed by atoms with Gasteiger partial charge >= 0.3 is 0 Å². The predicted octanol–water partition coefficient (Wildman–Crippen LogP) is 2.41. The van der Waals surface area contributed by atoms with Crippen molar-refractivity contribution in [3.8, 4) is 5.82 Å². The molecule has 3 rings (SSSR count). The van der Waals surface area contributed by atoms with Crippen LogP contribution >= 0.6 is 12.2 Å². The quantitative estimate of drug-likeness (QED) is 0.648. The molecule has 5 nitrogen and oxygen atoms in total. The summed E-state index contributed by atoms with van der Waals surface area (Å²) in [5, 5.41) is 0. The van der Waals surface area contributed by atoms with E-state index in [1.807, 2.05) is 54.3 Å². The first kappa shape index (κ1) is 14.1. The highest BCUT2D eigenvalue weighted by molar-refractivity contribution is 7.80. The van der Waals surface area contributed by atoms with Crippen LogP contribution in [0, 0.1) is 0 Å². The molecule has 0 aliphatic carbocycles. The van der Waals surface area contributed by atoms with Gasteiger partial charge in [0, 0.05) is 25.0 Å². The van der Waals surface area contributed by atoms with Crippen molar-refractivity contribution in [1.82, 2.24) is 19.5 Å². The Morgan fingerprint density at radius 1 is 1.35 bits per heavy atom. The lowest BCUT2D eigenvalue weighted by molar-refractivity contribution is 0.988. The largest absolute Gasteiger partial charge is 0.388 e. The Balaban J connectivity index is 0.000000147. The number of nitrogens with one attached hydrogen (secondary N) is 2. The van der Waals surface area contributed by atoms with Crippen molar-refractivity contribution in [3.05, 3.63) is 60.6 Å². The van der Waals surface area contributed by atoms with Crippen LogP contribution in [0.15, 0.2) is 49.1 Å². The zero-order valence-corrected chi connectivity index (χ0v) is 12.0. The molecule has 104 valence electrons. The topological polar surface area (TPSA) is 75.4 Å². The molecule has 0 spiro atoms. The number of hydrogen-bond acceptors (Lipinski definition) is 2. The number of thiocarbonyl (C=S) groups is 1. The van der Waals surface area contributed by atoms with Crippen molar-refractivity contribution in [2.45, 2.75) is 13.3 Å². The molecule has 0 fully saturated rings. The van der Waals surface area contributed by atoms with Gasteiger partial charge in [-0.25, -0.2) is 4.98 Å². The normalized spacial score (nSPS) is 9.85. The molecule has 0 aromatic carbocycles. The van der Waals surface area contributed by atoms with Gasteiger partial charge in [-0.15, -0.1) is 0 Å². The van der Waals surface area contributed by atoms with Crippen molar-refractivity contribution >= 4 is 17.2 Å². The summed E-state index contributed by atoms with van der Waals surface area (Å²) in [7, 11) is 0. The first-order valence-electron chi connectivity index (χ1n) is 6.31. The molecule has 3 aromatic rings. The average molecular weight is 287 g/mol. The predicted molar refractivity (Wildman–Crippen MR) is 84.0 cm³/mol. The monoisotopic (exact) mass is 287 g/mol. The Morgan fingerprint density at radius 2 is 2.10 bits per heavy atom. The fourth-order valence-corrected chi connectivity index (χ4v) is 1.75. The van der Waals surface area contributed by atoms with Crippen LogP contribution in [-0.4, -0.2) is 24.5 Å². The SMILES string of the molecule is CCc1ncc(C(N)=S)[nH]1.c1c[nH]c(-n2cccc2)c1. The van der Waals surface area contributed by atoms with Gasteiger partial charge in [0.1, 0.15) is 16.6 Å². The molecule has 3 heterocycles. The van der Waals surface area contributed by atoms with E-state index >= 15 is 0 Å². The Labute approximate surface area is 122 Å². The number of imidazole rings is 1. The average Bonchev–Trinajstić information content (AvgIpc) is 3.19. The highest BCUT2D eigenvalue weighted by Gasteiger charge is 1.98. The van der Waals surface area contributed by atoms with E-state index in [-0.39, 0.29) is 0 Å². The molecule has 0 atom stereocenters. The van der Waals surface area contributed by atoms with Crippen LogP contribution in [0.1, 0.15) is 18.4 Å². The third-order valence-corrected chi connectivity index (χ3v) is 2.91. The zero-order valence-electron chi connectivity index (χ0n) is 11.2. The third-order valence-electron chi connectivity index (χ3n) is 2.69. The summed E-state index contributed by atoms with van der Waals surface area (Å²) in [5.41, 5.74) is 6.08. The first-order valence-corrected chi connectivity index (χ1v) is 6.72. The highest BCUT2D eigenvalue weighted by Crippen LogP contribution is 2.02. The second-order valence-corrected chi connectivity index (χ2v) is 4.55. The summed E-state index contributed by atoms with van der Waals surface area (Å²) in [5.74, 6) is 2.02. The Hall–Kier alpha value is -2.34. The van der Waals surface area contributed by atoms with Crippen LogP contribution in [-0.2, 0) is 6.42 Å². The van der Waals surface area contributed by atoms with Gasteiger partial charge < -0.3 is 20.3 Å². The Kier molecular flexibility index (Phi) is 4.73. The van der Waals surface area contributed by atoms with E-state index in [1.54, 1.807) is 6.20 Å². The molecule has 0 saturated carbocycles. The van der Waals surface area contributed by atoms with Crippen LogP contribution in [0.3, 0.4) is 0 Å². The first-order chi connectivity index (χ1) is 9.70. The van der Waals surface area contributed by atoms with Gasteiger partial charge in [0.05, 0.1) is 11.9 Å². The summed E-state index contributed by atoms with van der Waals surface area (Å²) >= 11 is 4.73. The Bertz CT molecular complexity index is 605. The summed E-state index contributed by atoms with van der Waals surface area (Å²) in [4.78, 5) is 10.5. The van der Waals surface area contributed by atoms with E-state index in [1.165, 1.54) is 0 Å². The summed E-state index contributed by atoms with van der Waals surface area (Å²) in [6.07, 6.45) is 8.46. The van der Waals surface area contributed by atoms with Gasteiger partial charge in [-0.05, 0) is 24.3 Å². The lowest BCUT2D eigenvalue weighted by atomic mass is 10.5. The third kappa shape index (κ3) is 3.58. The number of aromatic amines is 2. The lowest BCUT2D eigenvalue weighted by Crippen LogP contribution is -2.09. The standard InChI is InChI=1S/C8H8N2.C6H9N3S/c1-2-7-10(6-1)8-4-3-5-9-8;1-2-5-8-3-4(9-5)6(7)10/h1-7,9H;3H,2H2,1H3,(H2,7,10)(H,8,9). The molecule has 3 aromatic heterocycles. The second kappa shape index (κ2) is 6.72. The van der Waals surface area contributed by atoms with Crippen molar-refractivity contribution in [2.24, 2.45) is 5.73 Å². The molecule has 0 bridgehead atoms. The van der Waals surface area contributed by atoms with Crippen molar-refractivity contribution < 1.29 is 0 Å². The fraction of sp³-hybridized carbons (Fsp3) is 0.143. The minimum atomic E-state index is 0.368. The molecular formula is C14H17N5S. The number of H-pyrrole nitrogens is 2. The second-order valence-electron chi connectivity index (χ2n) is 4.11. The van der Waals surface area contributed by atoms with E-state index in [0.29, 0.717) is 4.99 Å². The van der Waals surface area contributed by atoms with E-state index in [0.717, 1.165) is 23.8 Å². The van der Waals surface area contributed by atoms with Gasteiger partial charge in [0.15, 0.2) is 0 Å². The lowest BCUT2D eigenvalue weighted by Gasteiger charge is -1.94. The van der Waals surface area contributed by atoms with E-state index < -0.39 is 0 Å². The van der Waals surface area contributed by atoms with Crippen molar-refractivity contribution in [3.63, 3.8) is 0 Å². The minimum Gasteiger partial charge on any atom is -0.388 e. The van der Waals surface area contributed by atoms with E-state index in [9.17, 15) is 0 Å². The van der Waals surface area contributed by atoms with E-state index in [4.69, 9.17) is 18.0 Å². The van der Waals surface area contributed by atoms with Crippen LogP contribution < -0.4 is 5.73 Å². The van der Waals surface area contributed by atoms with Crippen LogP contribution in [0.25, 0.3) is 5.82 Å². The minimum absolute atomic E-state index is 0.368. The molecule has 0 aliphatic rings. The summed E-state index contributed by atoms with van der Waals surface area (Å²) < 4.78 is 2.03. The molecule has 0 saturated heterocycles. The molecule has 0 amide bonds. The molecule has 0 aliphatic heterocycles. The maximum absolute atomic E-state index is 5.34. The van der Waals surface area contributed by atoms with Crippen LogP contribution in [0.2, 0.25) is 0 Å². The fourth-order valence-electron chi connectivity index (χ4n) is 1.64. The van der Waals surface area contributed by atoms with Gasteiger partial charge in [0.2, 0.25) is 0 Å². The molecule has 6 heteroatoms. The number of hydrogen-bond donors (Lipinski definition) is 3. The Morgan fingerprint density at radius 3 is 2.55 bits per heavy atom. The maximum Gasteiger partial charge on any atom is 0.122 e. The summed E-state index contributed by atoms with van der Waals surface area (Å²) in [6.45, 7) is 2.02. The van der Waals surface area contributed by atoms with Crippen molar-refractivity contribution in [2.75, 3.05) is 0 Å². The molecule has 0 radical (unpaired) electrons. The van der Waals surface area contributed by atoms with Crippen LogP contribution in [0.5, 0.6) is 0 Å². The zero-order chi connectivity index (χ0) is 14.4. The smallest absolute Gasteiger partial charge is 0.122 e. The molecule has 4 N–H and O–H groups in total. The number of aryl methyl sites for hydroxylation is 1.